The number of primary amides is 1. The van der Waals surface area contributed by atoms with E-state index in [1.165, 1.54) is 6.07 Å². The molecule has 1 amide bonds. The molecular formula is C10H17N3O3S2. The molecular weight excluding hydrogens is 274 g/mol. The average molecular weight is 291 g/mol. The molecule has 0 saturated carbocycles. The molecule has 8 heteroatoms. The highest BCUT2D eigenvalue weighted by atomic mass is 32.2. The third kappa shape index (κ3) is 3.69. The molecule has 1 aromatic heterocycles. The van der Waals surface area contributed by atoms with Crippen molar-refractivity contribution < 1.29 is 13.2 Å². The van der Waals surface area contributed by atoms with E-state index in [1.807, 2.05) is 13.8 Å². The molecule has 4 N–H and O–H groups in total. The van der Waals surface area contributed by atoms with Gasteiger partial charge in [0.25, 0.3) is 10.0 Å². The second-order valence-corrected chi connectivity index (χ2v) is 7.43. The lowest BCUT2D eigenvalue weighted by atomic mass is 10.2. The molecule has 0 unspecified atom stereocenters. The van der Waals surface area contributed by atoms with Crippen LogP contribution in [0.5, 0.6) is 0 Å². The zero-order valence-electron chi connectivity index (χ0n) is 10.3. The highest BCUT2D eigenvalue weighted by Gasteiger charge is 2.27. The molecule has 0 spiro atoms. The molecule has 6 nitrogen and oxygen atoms in total. The number of amides is 1. The van der Waals surface area contributed by atoms with Crippen molar-refractivity contribution in [1.29, 1.82) is 0 Å². The molecule has 1 rings (SSSR count). The molecule has 0 radical (unpaired) electrons. The Morgan fingerprint density at radius 2 is 2.11 bits per heavy atom. The molecule has 0 atom stereocenters. The summed E-state index contributed by atoms with van der Waals surface area (Å²) in [5.74, 6) is -0.583. The number of nitrogens with two attached hydrogens (primary N) is 2. The highest BCUT2D eigenvalue weighted by molar-refractivity contribution is 7.91. The molecule has 0 bridgehead atoms. The van der Waals surface area contributed by atoms with Gasteiger partial charge in [-0.3, -0.25) is 4.79 Å². The number of anilines is 1. The summed E-state index contributed by atoms with van der Waals surface area (Å²) in [6.45, 7) is 3.65. The van der Waals surface area contributed by atoms with Crippen LogP contribution >= 0.6 is 11.3 Å². The van der Waals surface area contributed by atoms with Crippen LogP contribution in [0, 0.1) is 5.92 Å². The van der Waals surface area contributed by atoms with E-state index >= 15 is 0 Å². The third-order valence-corrected chi connectivity index (χ3v) is 5.34. The van der Waals surface area contributed by atoms with E-state index < -0.39 is 15.9 Å². The second-order valence-electron chi connectivity index (χ2n) is 4.36. The maximum Gasteiger partial charge on any atom is 0.253 e. The zero-order valence-corrected chi connectivity index (χ0v) is 11.9. The maximum atomic E-state index is 12.3. The van der Waals surface area contributed by atoms with E-state index in [0.29, 0.717) is 5.69 Å². The van der Waals surface area contributed by atoms with E-state index in [-0.39, 0.29) is 23.2 Å². The first kappa shape index (κ1) is 14.9. The Labute approximate surface area is 111 Å². The lowest BCUT2D eigenvalue weighted by Gasteiger charge is -2.21. The van der Waals surface area contributed by atoms with Gasteiger partial charge in [-0.2, -0.15) is 4.31 Å². The summed E-state index contributed by atoms with van der Waals surface area (Å²) in [7, 11) is -3.70. The summed E-state index contributed by atoms with van der Waals surface area (Å²) in [5.41, 5.74) is 11.0. The number of nitrogen functional groups attached to an aromatic ring is 1. The number of hydrogen-bond donors (Lipinski definition) is 2. The summed E-state index contributed by atoms with van der Waals surface area (Å²) in [5, 5.41) is 1.55. The number of sulfonamides is 1. The van der Waals surface area contributed by atoms with E-state index in [9.17, 15) is 13.2 Å². The molecule has 0 aliphatic rings. The van der Waals surface area contributed by atoms with Crippen LogP contribution in [0.4, 0.5) is 5.69 Å². The SMILES string of the molecule is CC(C)CN(CC(N)=O)S(=O)(=O)c1cc(N)cs1. The lowest BCUT2D eigenvalue weighted by Crippen LogP contribution is -2.40. The van der Waals surface area contributed by atoms with Crippen LogP contribution in [-0.4, -0.2) is 31.7 Å². The van der Waals surface area contributed by atoms with Crippen molar-refractivity contribution in [3.63, 3.8) is 0 Å². The minimum Gasteiger partial charge on any atom is -0.398 e. The summed E-state index contributed by atoms with van der Waals surface area (Å²) in [4.78, 5) is 11.0. The zero-order chi connectivity index (χ0) is 13.9. The van der Waals surface area contributed by atoms with Gasteiger partial charge in [-0.05, 0) is 12.0 Å². The molecule has 1 heterocycles. The predicted molar refractivity (Wildman–Crippen MR) is 71.5 cm³/mol. The molecule has 0 saturated heterocycles. The molecule has 18 heavy (non-hydrogen) atoms. The number of carbonyl (C=O) groups excluding carboxylic acids is 1. The number of nitrogens with zero attached hydrogens (tertiary/aromatic N) is 1. The van der Waals surface area contributed by atoms with E-state index in [2.05, 4.69) is 0 Å². The summed E-state index contributed by atoms with van der Waals surface area (Å²) in [6, 6.07) is 1.38. The molecule has 1 aromatic rings. The van der Waals surface area contributed by atoms with Crippen LogP contribution in [0.25, 0.3) is 0 Å². The first-order chi connectivity index (χ1) is 8.23. The van der Waals surface area contributed by atoms with E-state index in [0.717, 1.165) is 15.6 Å². The Hall–Kier alpha value is -1.12. The van der Waals surface area contributed by atoms with Crippen LogP contribution in [0.1, 0.15) is 13.8 Å². The number of thiophene rings is 1. The Kier molecular flexibility index (Phi) is 4.71. The van der Waals surface area contributed by atoms with Gasteiger partial charge in [-0.1, -0.05) is 13.8 Å². The van der Waals surface area contributed by atoms with Crippen molar-refractivity contribution >= 4 is 33.0 Å². The summed E-state index contributed by atoms with van der Waals surface area (Å²) >= 11 is 1.03. The average Bonchev–Trinajstić information content (AvgIpc) is 2.63. The van der Waals surface area contributed by atoms with E-state index in [4.69, 9.17) is 11.5 Å². The largest absolute Gasteiger partial charge is 0.398 e. The fraction of sp³-hybridized carbons (Fsp3) is 0.500. The fourth-order valence-corrected chi connectivity index (χ4v) is 4.22. The van der Waals surface area contributed by atoms with Crippen molar-refractivity contribution in [2.24, 2.45) is 11.7 Å². The minimum atomic E-state index is -3.70. The van der Waals surface area contributed by atoms with Crippen LogP contribution in [0.15, 0.2) is 15.7 Å². The number of carbonyl (C=O) groups is 1. The Morgan fingerprint density at radius 3 is 2.50 bits per heavy atom. The van der Waals surface area contributed by atoms with Crippen LogP contribution < -0.4 is 11.5 Å². The van der Waals surface area contributed by atoms with Crippen LogP contribution in [0.2, 0.25) is 0 Å². The number of hydrogen-bond acceptors (Lipinski definition) is 5. The molecule has 102 valence electrons. The van der Waals surface area contributed by atoms with Crippen molar-refractivity contribution in [3.8, 4) is 0 Å². The molecule has 0 aliphatic heterocycles. The van der Waals surface area contributed by atoms with Crippen molar-refractivity contribution in [1.82, 2.24) is 4.31 Å². The van der Waals surface area contributed by atoms with E-state index in [1.54, 1.807) is 5.38 Å². The fourth-order valence-electron chi connectivity index (χ4n) is 1.42. The Morgan fingerprint density at radius 1 is 1.50 bits per heavy atom. The first-order valence-electron chi connectivity index (χ1n) is 5.36. The first-order valence-corrected chi connectivity index (χ1v) is 7.68. The summed E-state index contributed by atoms with van der Waals surface area (Å²) < 4.78 is 25.8. The Balaban J connectivity index is 3.06. The number of rotatable bonds is 6. The lowest BCUT2D eigenvalue weighted by molar-refractivity contribution is -0.118. The van der Waals surface area contributed by atoms with Gasteiger partial charge in [0, 0.05) is 17.6 Å². The van der Waals surface area contributed by atoms with Gasteiger partial charge in [0.1, 0.15) is 4.21 Å². The highest BCUT2D eigenvalue weighted by Crippen LogP contribution is 2.25. The van der Waals surface area contributed by atoms with Crippen molar-refractivity contribution in [2.45, 2.75) is 18.1 Å². The Bertz CT molecular complexity index is 522. The summed E-state index contributed by atoms with van der Waals surface area (Å²) in [6.07, 6.45) is 0. The smallest absolute Gasteiger partial charge is 0.253 e. The third-order valence-electron chi connectivity index (χ3n) is 2.09. The van der Waals surface area contributed by atoms with Gasteiger partial charge in [-0.25, -0.2) is 8.42 Å². The van der Waals surface area contributed by atoms with Crippen LogP contribution in [-0.2, 0) is 14.8 Å². The maximum absolute atomic E-state index is 12.3. The van der Waals surface area contributed by atoms with Crippen LogP contribution in [0.3, 0.4) is 0 Å². The van der Waals surface area contributed by atoms with Gasteiger partial charge in [-0.15, -0.1) is 11.3 Å². The van der Waals surface area contributed by atoms with Crippen molar-refractivity contribution in [2.75, 3.05) is 18.8 Å². The molecule has 0 aliphatic carbocycles. The van der Waals surface area contributed by atoms with Gasteiger partial charge >= 0.3 is 0 Å². The van der Waals surface area contributed by atoms with Gasteiger partial charge in [0.2, 0.25) is 5.91 Å². The van der Waals surface area contributed by atoms with Gasteiger partial charge < -0.3 is 11.5 Å². The predicted octanol–water partition coefficient (Wildman–Crippen LogP) is 0.462. The van der Waals surface area contributed by atoms with Gasteiger partial charge in [0.05, 0.1) is 6.54 Å². The molecule has 0 aromatic carbocycles. The topological polar surface area (TPSA) is 106 Å². The standard InChI is InChI=1S/C10H17N3O3S2/c1-7(2)4-13(5-9(12)14)18(15,16)10-3-8(11)6-17-10/h3,6-7H,4-5,11H2,1-2H3,(H2,12,14). The monoisotopic (exact) mass is 291 g/mol. The minimum absolute atomic E-state index is 0.0939. The molecule has 0 fully saturated rings. The van der Waals surface area contributed by atoms with Crippen molar-refractivity contribution in [3.05, 3.63) is 11.4 Å². The second kappa shape index (κ2) is 5.68. The quantitative estimate of drug-likeness (QED) is 0.794. The normalized spacial score (nSPS) is 12.2. The van der Waals surface area contributed by atoms with Gasteiger partial charge in [0.15, 0.2) is 0 Å².